The van der Waals surface area contributed by atoms with Crippen molar-refractivity contribution in [2.45, 2.75) is 99.8 Å². The van der Waals surface area contributed by atoms with Gasteiger partial charge in [0.15, 0.2) is 0 Å². The van der Waals surface area contributed by atoms with Crippen molar-refractivity contribution in [3.63, 3.8) is 0 Å². The number of aldehydes is 1. The van der Waals surface area contributed by atoms with Crippen molar-refractivity contribution in [2.24, 2.45) is 53.3 Å². The van der Waals surface area contributed by atoms with Gasteiger partial charge in [-0.3, -0.25) is 4.79 Å². The molecule has 3 fully saturated rings. The Kier molecular flexibility index (Phi) is 15.0. The molecule has 0 N–H and O–H groups in total. The fourth-order valence-electron chi connectivity index (χ4n) is 7.40. The molecule has 0 radical (unpaired) electrons. The molecule has 3 aliphatic rings. The molecule has 0 saturated heterocycles. The molecule has 0 heterocycles. The van der Waals surface area contributed by atoms with Crippen molar-refractivity contribution < 1.29 is 9.59 Å². The molecule has 2 aromatic carbocycles. The highest BCUT2D eigenvalue weighted by Gasteiger charge is 2.48. The van der Waals surface area contributed by atoms with Gasteiger partial charge in [0, 0.05) is 17.8 Å². The Balaban J connectivity index is 0.000000248. The van der Waals surface area contributed by atoms with E-state index in [2.05, 4.69) is 78.5 Å². The molecule has 0 bridgehead atoms. The van der Waals surface area contributed by atoms with E-state index in [0.29, 0.717) is 53.1 Å². The van der Waals surface area contributed by atoms with E-state index in [4.69, 9.17) is 0 Å². The maximum absolute atomic E-state index is 13.0. The van der Waals surface area contributed by atoms with E-state index in [1.165, 1.54) is 43.1 Å². The Morgan fingerprint density at radius 2 is 1.26 bits per heavy atom. The SMILES string of the molecule is C.C=Cc1ccccc1.CC1CCC(C(C)C)C(C(=O)C2CC2c2ccccc2)C1.CC1CCC(C(C)C)C(C=O)C1. The largest absolute Gasteiger partial charge is 0.303 e. The van der Waals surface area contributed by atoms with Gasteiger partial charge < -0.3 is 4.79 Å². The van der Waals surface area contributed by atoms with Crippen LogP contribution in [0, 0.1) is 53.3 Å². The van der Waals surface area contributed by atoms with Crippen molar-refractivity contribution in [1.29, 1.82) is 0 Å². The van der Waals surface area contributed by atoms with Crippen molar-refractivity contribution in [2.75, 3.05) is 0 Å². The number of Topliss-reactive ketones (excluding diaryl/α,β-unsaturated/α-hetero) is 1. The van der Waals surface area contributed by atoms with Gasteiger partial charge in [-0.1, -0.05) is 135 Å². The second-order valence-electron chi connectivity index (χ2n) is 13.9. The third-order valence-corrected chi connectivity index (χ3v) is 10.1. The van der Waals surface area contributed by atoms with Gasteiger partial charge >= 0.3 is 0 Å². The third-order valence-electron chi connectivity index (χ3n) is 10.1. The predicted octanol–water partition coefficient (Wildman–Crippen LogP) is 10.9. The molecule has 42 heavy (non-hydrogen) atoms. The Morgan fingerprint density at radius 3 is 1.76 bits per heavy atom. The van der Waals surface area contributed by atoms with Crippen molar-refractivity contribution in [3.05, 3.63) is 78.4 Å². The number of rotatable bonds is 7. The second-order valence-corrected chi connectivity index (χ2v) is 13.9. The Bertz CT molecular complexity index is 1060. The third kappa shape index (κ3) is 10.4. The van der Waals surface area contributed by atoms with Gasteiger partial charge in [-0.15, -0.1) is 0 Å². The molecule has 8 atom stereocenters. The highest BCUT2D eigenvalue weighted by Crippen LogP contribution is 2.52. The second kappa shape index (κ2) is 17.6. The average Bonchev–Trinajstić information content (AvgIpc) is 3.79. The van der Waals surface area contributed by atoms with Crippen LogP contribution in [0.4, 0.5) is 0 Å². The topological polar surface area (TPSA) is 34.1 Å². The summed E-state index contributed by atoms with van der Waals surface area (Å²) >= 11 is 0. The lowest BCUT2D eigenvalue weighted by Crippen LogP contribution is -2.34. The standard InChI is InChI=1S/C20H28O.C11H20O.C8H8.CH4/c1-13(2)16-10-9-14(3)11-18(16)20(21)19-12-17(19)15-7-5-4-6-8-15;1-8(2)11-5-4-9(3)6-10(11)7-12;1-2-8-6-4-3-5-7-8;/h4-8,13-14,16-19H,9-12H2,1-3H3;7-11H,4-6H2,1-3H3;2-7H,1H2;1H4. The molecule has 3 saturated carbocycles. The summed E-state index contributed by atoms with van der Waals surface area (Å²) in [4.78, 5) is 23.8. The monoisotopic (exact) mass is 572 g/mol. The van der Waals surface area contributed by atoms with E-state index in [-0.39, 0.29) is 7.43 Å². The van der Waals surface area contributed by atoms with Gasteiger partial charge in [-0.2, -0.15) is 0 Å². The van der Waals surface area contributed by atoms with E-state index in [0.717, 1.165) is 31.1 Å². The van der Waals surface area contributed by atoms with Crippen LogP contribution in [-0.2, 0) is 9.59 Å². The zero-order valence-electron chi connectivity index (χ0n) is 26.7. The van der Waals surface area contributed by atoms with Crippen molar-refractivity contribution in [3.8, 4) is 0 Å². The van der Waals surface area contributed by atoms with Crippen LogP contribution in [0.25, 0.3) is 6.08 Å². The number of carbonyl (C=O) groups is 2. The van der Waals surface area contributed by atoms with Gasteiger partial charge in [0.05, 0.1) is 0 Å². The summed E-state index contributed by atoms with van der Waals surface area (Å²) in [5.41, 5.74) is 2.54. The van der Waals surface area contributed by atoms with Crippen LogP contribution in [0.1, 0.15) is 111 Å². The van der Waals surface area contributed by atoms with Crippen LogP contribution in [-0.4, -0.2) is 12.1 Å². The molecule has 8 unspecified atom stereocenters. The fraction of sp³-hybridized carbons (Fsp3) is 0.600. The van der Waals surface area contributed by atoms with Crippen LogP contribution in [0.2, 0.25) is 0 Å². The molecule has 232 valence electrons. The number of hydrogen-bond donors (Lipinski definition) is 0. The van der Waals surface area contributed by atoms with Gasteiger partial charge in [0.2, 0.25) is 0 Å². The summed E-state index contributed by atoms with van der Waals surface area (Å²) in [6.07, 6.45) is 11.5. The molecule has 2 heteroatoms. The minimum absolute atomic E-state index is 0. The molecule has 0 aromatic heterocycles. The van der Waals surface area contributed by atoms with E-state index in [9.17, 15) is 9.59 Å². The molecule has 0 aliphatic heterocycles. The minimum Gasteiger partial charge on any atom is -0.303 e. The first-order valence-corrected chi connectivity index (χ1v) is 16.4. The summed E-state index contributed by atoms with van der Waals surface area (Å²) in [5.74, 6) is 6.12. The van der Waals surface area contributed by atoms with E-state index >= 15 is 0 Å². The van der Waals surface area contributed by atoms with Gasteiger partial charge in [0.1, 0.15) is 12.1 Å². The molecule has 0 spiro atoms. The number of ketones is 1. The van der Waals surface area contributed by atoms with Crippen LogP contribution in [0.3, 0.4) is 0 Å². The molecule has 2 aromatic rings. The quantitative estimate of drug-likeness (QED) is 0.309. The maximum atomic E-state index is 13.0. The average molecular weight is 573 g/mol. The number of carbonyl (C=O) groups excluding carboxylic acids is 2. The number of hydrogen-bond acceptors (Lipinski definition) is 2. The van der Waals surface area contributed by atoms with Gasteiger partial charge in [-0.25, -0.2) is 0 Å². The molecule has 0 amide bonds. The summed E-state index contributed by atoms with van der Waals surface area (Å²) in [6, 6.07) is 20.6. The fourth-order valence-corrected chi connectivity index (χ4v) is 7.40. The zero-order valence-corrected chi connectivity index (χ0v) is 26.7. The van der Waals surface area contributed by atoms with E-state index in [1.807, 2.05) is 36.4 Å². The van der Waals surface area contributed by atoms with Crippen LogP contribution >= 0.6 is 0 Å². The predicted molar refractivity (Wildman–Crippen MR) is 181 cm³/mol. The van der Waals surface area contributed by atoms with Crippen LogP contribution in [0.15, 0.2) is 67.2 Å². The smallest absolute Gasteiger partial charge is 0.139 e. The zero-order chi connectivity index (χ0) is 29.9. The normalized spacial score (nSPS) is 30.0. The summed E-state index contributed by atoms with van der Waals surface area (Å²) in [6.45, 7) is 17.3. The Hall–Kier alpha value is -2.48. The Labute approximate surface area is 258 Å². The first-order valence-electron chi connectivity index (χ1n) is 16.4. The summed E-state index contributed by atoms with van der Waals surface area (Å²) in [7, 11) is 0. The molecular weight excluding hydrogens is 512 g/mol. The van der Waals surface area contributed by atoms with E-state index < -0.39 is 0 Å². The lowest BCUT2D eigenvalue weighted by atomic mass is 9.68. The van der Waals surface area contributed by atoms with Crippen molar-refractivity contribution in [1.82, 2.24) is 0 Å². The van der Waals surface area contributed by atoms with Crippen LogP contribution < -0.4 is 0 Å². The first-order chi connectivity index (χ1) is 19.7. The van der Waals surface area contributed by atoms with Gasteiger partial charge in [0.25, 0.3) is 0 Å². The molecule has 5 rings (SSSR count). The molecular formula is C40H60O2. The maximum Gasteiger partial charge on any atom is 0.139 e. The van der Waals surface area contributed by atoms with Crippen molar-refractivity contribution >= 4 is 18.1 Å². The van der Waals surface area contributed by atoms with Gasteiger partial charge in [-0.05, 0) is 84.7 Å². The summed E-state index contributed by atoms with van der Waals surface area (Å²) in [5, 5.41) is 0. The van der Waals surface area contributed by atoms with E-state index in [1.54, 1.807) is 0 Å². The molecule has 3 aliphatic carbocycles. The minimum atomic E-state index is 0. The Morgan fingerprint density at radius 1 is 0.738 bits per heavy atom. The lowest BCUT2D eigenvalue weighted by molar-refractivity contribution is -0.128. The molecule has 2 nitrogen and oxygen atoms in total. The number of benzene rings is 2. The first kappa shape index (κ1) is 35.7. The van der Waals surface area contributed by atoms with Crippen LogP contribution in [0.5, 0.6) is 0 Å². The highest BCUT2D eigenvalue weighted by molar-refractivity contribution is 5.87. The highest BCUT2D eigenvalue weighted by atomic mass is 16.1. The lowest BCUT2D eigenvalue weighted by Gasteiger charge is -2.36. The summed E-state index contributed by atoms with van der Waals surface area (Å²) < 4.78 is 0.